The second kappa shape index (κ2) is 8.63. The van der Waals surface area contributed by atoms with E-state index in [1.807, 2.05) is 30.3 Å². The number of hydrogen-bond acceptors (Lipinski definition) is 4. The molecule has 1 aromatic heterocycles. The topological polar surface area (TPSA) is 54.5 Å². The van der Waals surface area contributed by atoms with Crippen LogP contribution in [0, 0.1) is 0 Å². The van der Waals surface area contributed by atoms with Gasteiger partial charge in [-0.15, -0.1) is 0 Å². The fourth-order valence-corrected chi connectivity index (χ4v) is 3.65. The lowest BCUT2D eigenvalue weighted by Crippen LogP contribution is -2.45. The van der Waals surface area contributed by atoms with Gasteiger partial charge in [-0.2, -0.15) is 0 Å². The van der Waals surface area contributed by atoms with Gasteiger partial charge in [0, 0.05) is 31.0 Å². The summed E-state index contributed by atoms with van der Waals surface area (Å²) in [6.07, 6.45) is 5.44. The number of hydrogen-bond donors (Lipinski definition) is 1. The summed E-state index contributed by atoms with van der Waals surface area (Å²) < 4.78 is 5.86. The van der Waals surface area contributed by atoms with Gasteiger partial charge in [0.05, 0.1) is 17.5 Å². The Balaban J connectivity index is 1.61. The Bertz CT molecular complexity index is 744. The van der Waals surface area contributed by atoms with E-state index in [9.17, 15) is 4.79 Å². The highest BCUT2D eigenvalue weighted by molar-refractivity contribution is 6.04. The van der Waals surface area contributed by atoms with Crippen molar-refractivity contribution in [2.45, 2.75) is 51.8 Å². The second-order valence-corrected chi connectivity index (χ2v) is 7.71. The highest BCUT2D eigenvalue weighted by atomic mass is 16.5. The lowest BCUT2D eigenvalue weighted by atomic mass is 9.92. The van der Waals surface area contributed by atoms with Crippen molar-refractivity contribution in [2.75, 3.05) is 18.5 Å². The summed E-state index contributed by atoms with van der Waals surface area (Å²) >= 11 is 0. The Morgan fingerprint density at radius 3 is 2.70 bits per heavy atom. The van der Waals surface area contributed by atoms with E-state index in [0.717, 1.165) is 32.5 Å². The molecule has 1 fully saturated rings. The molecule has 1 saturated heterocycles. The SMILES string of the molecule is CCN(Cc1ccc(C(=O)Nc2cccnc2)cc1)[C@@H]1CCOC(C)(C)C1. The van der Waals surface area contributed by atoms with Gasteiger partial charge < -0.3 is 10.1 Å². The van der Waals surface area contributed by atoms with E-state index in [-0.39, 0.29) is 11.5 Å². The predicted molar refractivity (Wildman–Crippen MR) is 108 cm³/mol. The maximum atomic E-state index is 12.4. The van der Waals surface area contributed by atoms with Gasteiger partial charge in [0.2, 0.25) is 0 Å². The lowest BCUT2D eigenvalue weighted by molar-refractivity contribution is -0.0838. The first kappa shape index (κ1) is 19.5. The summed E-state index contributed by atoms with van der Waals surface area (Å²) in [7, 11) is 0. The highest BCUT2D eigenvalue weighted by Gasteiger charge is 2.31. The summed E-state index contributed by atoms with van der Waals surface area (Å²) in [4.78, 5) is 18.9. The second-order valence-electron chi connectivity index (χ2n) is 7.71. The molecule has 0 bridgehead atoms. The highest BCUT2D eigenvalue weighted by Crippen LogP contribution is 2.28. The molecule has 0 radical (unpaired) electrons. The molecule has 0 saturated carbocycles. The normalized spacial score (nSPS) is 19.0. The van der Waals surface area contributed by atoms with Crippen LogP contribution >= 0.6 is 0 Å². The van der Waals surface area contributed by atoms with E-state index in [1.165, 1.54) is 5.56 Å². The van der Waals surface area contributed by atoms with Crippen molar-refractivity contribution in [3.8, 4) is 0 Å². The number of ether oxygens (including phenoxy) is 1. The van der Waals surface area contributed by atoms with Gasteiger partial charge in [0.1, 0.15) is 0 Å². The van der Waals surface area contributed by atoms with Gasteiger partial charge in [-0.3, -0.25) is 14.7 Å². The first-order valence-electron chi connectivity index (χ1n) is 9.65. The van der Waals surface area contributed by atoms with E-state index >= 15 is 0 Å². The molecule has 5 nitrogen and oxygen atoms in total. The van der Waals surface area contributed by atoms with Crippen molar-refractivity contribution in [1.29, 1.82) is 0 Å². The molecule has 0 unspecified atom stereocenters. The maximum Gasteiger partial charge on any atom is 0.255 e. The third-order valence-electron chi connectivity index (χ3n) is 5.11. The van der Waals surface area contributed by atoms with E-state index in [4.69, 9.17) is 4.74 Å². The molecule has 1 aliphatic rings. The Morgan fingerprint density at radius 2 is 2.07 bits per heavy atom. The number of amides is 1. The van der Waals surface area contributed by atoms with Crippen molar-refractivity contribution in [1.82, 2.24) is 9.88 Å². The monoisotopic (exact) mass is 367 g/mol. The summed E-state index contributed by atoms with van der Waals surface area (Å²) in [6.45, 7) is 9.26. The van der Waals surface area contributed by atoms with Gasteiger partial charge >= 0.3 is 0 Å². The average Bonchev–Trinajstić information content (AvgIpc) is 2.66. The van der Waals surface area contributed by atoms with Crippen molar-refractivity contribution in [2.24, 2.45) is 0 Å². The van der Waals surface area contributed by atoms with E-state index in [0.29, 0.717) is 17.3 Å². The van der Waals surface area contributed by atoms with Crippen LogP contribution in [0.4, 0.5) is 5.69 Å². The zero-order valence-electron chi connectivity index (χ0n) is 16.4. The Morgan fingerprint density at radius 1 is 1.30 bits per heavy atom. The van der Waals surface area contributed by atoms with Crippen LogP contribution in [-0.2, 0) is 11.3 Å². The van der Waals surface area contributed by atoms with Crippen LogP contribution in [0.1, 0.15) is 49.5 Å². The van der Waals surface area contributed by atoms with Crippen molar-refractivity contribution >= 4 is 11.6 Å². The quantitative estimate of drug-likeness (QED) is 0.835. The number of carbonyl (C=O) groups is 1. The minimum absolute atomic E-state index is 0.0510. The molecule has 0 spiro atoms. The Kier molecular flexibility index (Phi) is 6.24. The molecule has 0 aliphatic carbocycles. The molecule has 1 aromatic carbocycles. The molecule has 1 atom stereocenters. The number of nitrogens with zero attached hydrogens (tertiary/aromatic N) is 2. The van der Waals surface area contributed by atoms with Crippen LogP contribution in [0.15, 0.2) is 48.8 Å². The smallest absolute Gasteiger partial charge is 0.255 e. The fraction of sp³-hybridized carbons (Fsp3) is 0.455. The number of aromatic nitrogens is 1. The Labute approximate surface area is 161 Å². The van der Waals surface area contributed by atoms with Crippen LogP contribution in [0.5, 0.6) is 0 Å². The zero-order valence-corrected chi connectivity index (χ0v) is 16.4. The molecule has 1 amide bonds. The minimum atomic E-state index is -0.118. The number of benzene rings is 1. The van der Waals surface area contributed by atoms with Gasteiger partial charge in [0.15, 0.2) is 0 Å². The first-order chi connectivity index (χ1) is 13.0. The minimum Gasteiger partial charge on any atom is -0.375 e. The summed E-state index contributed by atoms with van der Waals surface area (Å²) in [6, 6.07) is 12.0. The van der Waals surface area contributed by atoms with Crippen molar-refractivity contribution in [3.05, 3.63) is 59.9 Å². The van der Waals surface area contributed by atoms with Crippen LogP contribution in [0.25, 0.3) is 0 Å². The van der Waals surface area contributed by atoms with Crippen molar-refractivity contribution < 1.29 is 9.53 Å². The summed E-state index contributed by atoms with van der Waals surface area (Å²) in [5.74, 6) is -0.118. The molecular formula is C22H29N3O2. The Hall–Kier alpha value is -2.24. The number of carbonyl (C=O) groups excluding carboxylic acids is 1. The molecule has 1 aliphatic heterocycles. The number of rotatable bonds is 6. The average molecular weight is 367 g/mol. The van der Waals surface area contributed by atoms with E-state index in [1.54, 1.807) is 18.5 Å². The van der Waals surface area contributed by atoms with Crippen LogP contribution in [-0.4, -0.2) is 40.6 Å². The van der Waals surface area contributed by atoms with E-state index < -0.39 is 0 Å². The molecule has 3 rings (SSSR count). The molecule has 2 heterocycles. The largest absolute Gasteiger partial charge is 0.375 e. The molecule has 5 heteroatoms. The molecule has 1 N–H and O–H groups in total. The van der Waals surface area contributed by atoms with Crippen LogP contribution in [0.2, 0.25) is 0 Å². The van der Waals surface area contributed by atoms with Gasteiger partial charge in [0.25, 0.3) is 5.91 Å². The number of nitrogens with one attached hydrogen (secondary N) is 1. The van der Waals surface area contributed by atoms with Gasteiger partial charge in [-0.05, 0) is 63.1 Å². The lowest BCUT2D eigenvalue weighted by Gasteiger charge is -2.41. The number of anilines is 1. The fourth-order valence-electron chi connectivity index (χ4n) is 3.65. The molecule has 144 valence electrons. The summed E-state index contributed by atoms with van der Waals surface area (Å²) in [5, 5.41) is 2.86. The maximum absolute atomic E-state index is 12.4. The van der Waals surface area contributed by atoms with Crippen molar-refractivity contribution in [3.63, 3.8) is 0 Å². The van der Waals surface area contributed by atoms with Gasteiger partial charge in [-0.1, -0.05) is 19.1 Å². The molecule has 2 aromatic rings. The standard InChI is InChI=1S/C22H29N3O2/c1-4-25(20-11-13-27-22(2,3)14-20)16-17-7-9-18(10-8-17)21(26)24-19-6-5-12-23-15-19/h5-10,12,15,20H,4,11,13-14,16H2,1-3H3,(H,24,26)/t20-/m1/s1. The first-order valence-corrected chi connectivity index (χ1v) is 9.65. The molecule has 27 heavy (non-hydrogen) atoms. The number of pyridine rings is 1. The third-order valence-corrected chi connectivity index (χ3v) is 5.11. The summed E-state index contributed by atoms with van der Waals surface area (Å²) in [5.41, 5.74) is 2.52. The zero-order chi connectivity index (χ0) is 19.3. The van der Waals surface area contributed by atoms with E-state index in [2.05, 4.69) is 36.0 Å². The predicted octanol–water partition coefficient (Wildman–Crippen LogP) is 4.11. The van der Waals surface area contributed by atoms with Gasteiger partial charge in [-0.25, -0.2) is 0 Å². The van der Waals surface area contributed by atoms with Crippen LogP contribution in [0.3, 0.4) is 0 Å². The third kappa shape index (κ3) is 5.37. The molecular weight excluding hydrogens is 338 g/mol. The van der Waals surface area contributed by atoms with Crippen LogP contribution < -0.4 is 5.32 Å².